The van der Waals surface area contributed by atoms with E-state index in [0.29, 0.717) is 12.8 Å². The van der Waals surface area contributed by atoms with Crippen molar-refractivity contribution >= 4 is 5.91 Å². The zero-order chi connectivity index (χ0) is 19.4. The van der Waals surface area contributed by atoms with Crippen LogP contribution in [0.2, 0.25) is 0 Å². The Balaban J connectivity index is 1.47. The lowest BCUT2D eigenvalue weighted by molar-refractivity contribution is -0.122. The van der Waals surface area contributed by atoms with E-state index in [1.807, 2.05) is 54.6 Å². The Morgan fingerprint density at radius 2 is 1.46 bits per heavy atom. The van der Waals surface area contributed by atoms with E-state index >= 15 is 0 Å². The fourth-order valence-electron chi connectivity index (χ4n) is 4.15. The molecule has 3 aromatic rings. The molecule has 0 spiro atoms. The third-order valence-corrected chi connectivity index (χ3v) is 5.70. The molecule has 0 fully saturated rings. The van der Waals surface area contributed by atoms with Crippen molar-refractivity contribution in [1.82, 2.24) is 5.32 Å². The van der Waals surface area contributed by atoms with Crippen LogP contribution in [0.3, 0.4) is 0 Å². The van der Waals surface area contributed by atoms with Crippen LogP contribution in [0.4, 0.5) is 0 Å². The lowest BCUT2D eigenvalue weighted by Crippen LogP contribution is -2.39. The topological polar surface area (TPSA) is 49.3 Å². The number of carbonyl (C=O) groups is 1. The maximum atomic E-state index is 12.8. The molecule has 0 saturated carbocycles. The molecule has 1 aliphatic carbocycles. The van der Waals surface area contributed by atoms with Crippen molar-refractivity contribution in [2.75, 3.05) is 6.54 Å². The zero-order valence-electron chi connectivity index (χ0n) is 15.8. The van der Waals surface area contributed by atoms with Crippen molar-refractivity contribution in [3.8, 4) is 0 Å². The van der Waals surface area contributed by atoms with Gasteiger partial charge in [0.05, 0.1) is 6.54 Å². The first-order valence-corrected chi connectivity index (χ1v) is 9.83. The second-order valence-electron chi connectivity index (χ2n) is 7.54. The number of carbonyl (C=O) groups excluding carboxylic acids is 1. The van der Waals surface area contributed by atoms with Crippen LogP contribution in [-0.2, 0) is 16.8 Å². The standard InChI is InChI=1S/C25H25NO2/c27-24(26-18-25(28)16-15-21-13-7-8-14-23(21)25)17-22(19-9-3-1-4-10-19)20-11-5-2-6-12-20/h1-14,22,28H,15-18H2,(H,26,27)/t25-/m0/s1. The smallest absolute Gasteiger partial charge is 0.221 e. The molecular formula is C25H25NO2. The van der Waals surface area contributed by atoms with E-state index in [9.17, 15) is 9.90 Å². The molecule has 0 heterocycles. The minimum atomic E-state index is -0.971. The molecule has 1 atom stereocenters. The van der Waals surface area contributed by atoms with E-state index in [4.69, 9.17) is 0 Å². The second-order valence-corrected chi connectivity index (χ2v) is 7.54. The Morgan fingerprint density at radius 1 is 0.893 bits per heavy atom. The zero-order valence-corrected chi connectivity index (χ0v) is 15.8. The van der Waals surface area contributed by atoms with Crippen LogP contribution in [0.5, 0.6) is 0 Å². The minimum absolute atomic E-state index is 0.00657. The molecule has 0 aliphatic heterocycles. The van der Waals surface area contributed by atoms with Gasteiger partial charge in [-0.1, -0.05) is 84.9 Å². The largest absolute Gasteiger partial charge is 0.383 e. The van der Waals surface area contributed by atoms with Gasteiger partial charge in [0.1, 0.15) is 5.60 Å². The number of fused-ring (bicyclic) bond motifs is 1. The third-order valence-electron chi connectivity index (χ3n) is 5.70. The molecule has 3 nitrogen and oxygen atoms in total. The van der Waals surface area contributed by atoms with Crippen molar-refractivity contribution in [1.29, 1.82) is 0 Å². The van der Waals surface area contributed by atoms with Crippen molar-refractivity contribution < 1.29 is 9.90 Å². The van der Waals surface area contributed by atoms with Crippen LogP contribution >= 0.6 is 0 Å². The van der Waals surface area contributed by atoms with Gasteiger partial charge in [-0.25, -0.2) is 0 Å². The maximum Gasteiger partial charge on any atom is 0.221 e. The van der Waals surface area contributed by atoms with Gasteiger partial charge in [-0.2, -0.15) is 0 Å². The van der Waals surface area contributed by atoms with Crippen molar-refractivity contribution in [3.05, 3.63) is 107 Å². The van der Waals surface area contributed by atoms with Crippen LogP contribution in [-0.4, -0.2) is 17.6 Å². The molecule has 2 N–H and O–H groups in total. The monoisotopic (exact) mass is 371 g/mol. The van der Waals surface area contributed by atoms with Crippen LogP contribution in [0, 0.1) is 0 Å². The van der Waals surface area contributed by atoms with Gasteiger partial charge in [-0.15, -0.1) is 0 Å². The summed E-state index contributed by atoms with van der Waals surface area (Å²) < 4.78 is 0. The Labute approximate surface area is 166 Å². The Bertz CT molecular complexity index is 900. The number of hydrogen-bond donors (Lipinski definition) is 2. The van der Waals surface area contributed by atoms with E-state index in [1.165, 1.54) is 5.56 Å². The number of aryl methyl sites for hydroxylation is 1. The molecule has 0 bridgehead atoms. The normalized spacial score (nSPS) is 18.1. The van der Waals surface area contributed by atoms with E-state index in [2.05, 4.69) is 35.6 Å². The first-order valence-electron chi connectivity index (χ1n) is 9.83. The Morgan fingerprint density at radius 3 is 2.11 bits per heavy atom. The first kappa shape index (κ1) is 18.5. The number of hydrogen-bond acceptors (Lipinski definition) is 2. The molecule has 3 heteroatoms. The second kappa shape index (κ2) is 7.99. The highest BCUT2D eigenvalue weighted by atomic mass is 16.3. The van der Waals surface area contributed by atoms with Gasteiger partial charge in [-0.3, -0.25) is 4.79 Å². The van der Waals surface area contributed by atoms with Gasteiger partial charge in [0, 0.05) is 12.3 Å². The molecule has 3 aromatic carbocycles. The summed E-state index contributed by atoms with van der Waals surface area (Å²) in [5.74, 6) is -0.0524. The van der Waals surface area contributed by atoms with Crippen molar-refractivity contribution in [3.63, 3.8) is 0 Å². The summed E-state index contributed by atoms with van der Waals surface area (Å²) in [6, 6.07) is 28.2. The lowest BCUT2D eigenvalue weighted by Gasteiger charge is -2.25. The van der Waals surface area contributed by atoms with Gasteiger partial charge in [-0.05, 0) is 35.1 Å². The Kier molecular flexibility index (Phi) is 5.27. The molecule has 28 heavy (non-hydrogen) atoms. The summed E-state index contributed by atoms with van der Waals surface area (Å²) in [5.41, 5.74) is 3.38. The SMILES string of the molecule is O=C(CC(c1ccccc1)c1ccccc1)NC[C@@]1(O)CCc2ccccc21. The molecule has 0 aromatic heterocycles. The van der Waals surface area contributed by atoms with Gasteiger partial charge < -0.3 is 10.4 Å². The summed E-state index contributed by atoms with van der Waals surface area (Å²) in [6.45, 7) is 0.249. The molecular weight excluding hydrogens is 346 g/mol. The van der Waals surface area contributed by atoms with Crippen molar-refractivity contribution in [2.24, 2.45) is 0 Å². The number of nitrogens with one attached hydrogen (secondary N) is 1. The summed E-state index contributed by atoms with van der Waals surface area (Å²) in [7, 11) is 0. The number of aliphatic hydroxyl groups is 1. The molecule has 4 rings (SSSR count). The lowest BCUT2D eigenvalue weighted by atomic mass is 9.88. The minimum Gasteiger partial charge on any atom is -0.383 e. The van der Waals surface area contributed by atoms with Crippen LogP contribution in [0.1, 0.15) is 41.0 Å². The number of amides is 1. The molecule has 0 unspecified atom stereocenters. The van der Waals surface area contributed by atoms with E-state index < -0.39 is 5.60 Å². The number of rotatable bonds is 6. The van der Waals surface area contributed by atoms with Crippen molar-refractivity contribution in [2.45, 2.75) is 30.8 Å². The maximum absolute atomic E-state index is 12.8. The van der Waals surface area contributed by atoms with Gasteiger partial charge >= 0.3 is 0 Å². The highest BCUT2D eigenvalue weighted by molar-refractivity contribution is 5.77. The average molecular weight is 371 g/mol. The molecule has 0 radical (unpaired) electrons. The quantitative estimate of drug-likeness (QED) is 0.684. The molecule has 1 aliphatic rings. The predicted octanol–water partition coefficient (Wildman–Crippen LogP) is 4.16. The summed E-state index contributed by atoms with van der Waals surface area (Å²) in [5, 5.41) is 14.0. The van der Waals surface area contributed by atoms with Crippen LogP contribution in [0.25, 0.3) is 0 Å². The predicted molar refractivity (Wildman–Crippen MR) is 111 cm³/mol. The fraction of sp³-hybridized carbons (Fsp3) is 0.240. The molecule has 1 amide bonds. The van der Waals surface area contributed by atoms with Gasteiger partial charge in [0.25, 0.3) is 0 Å². The Hall–Kier alpha value is -2.91. The summed E-state index contributed by atoms with van der Waals surface area (Å²) >= 11 is 0. The van der Waals surface area contributed by atoms with E-state index in [1.54, 1.807) is 0 Å². The van der Waals surface area contributed by atoms with Gasteiger partial charge in [0.15, 0.2) is 0 Å². The highest BCUT2D eigenvalue weighted by Crippen LogP contribution is 2.36. The van der Waals surface area contributed by atoms with Crippen LogP contribution in [0.15, 0.2) is 84.9 Å². The van der Waals surface area contributed by atoms with E-state index in [0.717, 1.165) is 23.1 Å². The third kappa shape index (κ3) is 3.85. The first-order chi connectivity index (χ1) is 13.7. The number of benzene rings is 3. The molecule has 142 valence electrons. The fourth-order valence-corrected chi connectivity index (χ4v) is 4.15. The van der Waals surface area contributed by atoms with Gasteiger partial charge in [0.2, 0.25) is 5.91 Å². The summed E-state index contributed by atoms with van der Waals surface area (Å²) in [4.78, 5) is 12.8. The van der Waals surface area contributed by atoms with Crippen LogP contribution < -0.4 is 5.32 Å². The molecule has 0 saturated heterocycles. The highest BCUT2D eigenvalue weighted by Gasteiger charge is 2.36. The summed E-state index contributed by atoms with van der Waals surface area (Å²) in [6.07, 6.45) is 1.85. The van der Waals surface area contributed by atoms with E-state index in [-0.39, 0.29) is 18.4 Å². The average Bonchev–Trinajstić information content (AvgIpc) is 3.09.